The first-order valence-corrected chi connectivity index (χ1v) is 23.3. The van der Waals surface area contributed by atoms with Crippen molar-refractivity contribution in [2.45, 2.75) is 204 Å². The number of hydrogen-bond acceptors (Lipinski definition) is 7. The van der Waals surface area contributed by atoms with E-state index in [1.165, 1.54) is 83.5 Å². The summed E-state index contributed by atoms with van der Waals surface area (Å²) in [6, 6.07) is 0. The van der Waals surface area contributed by atoms with Gasteiger partial charge in [-0.25, -0.2) is 0 Å². The van der Waals surface area contributed by atoms with Crippen LogP contribution >= 0.6 is 0 Å². The van der Waals surface area contributed by atoms with Crippen molar-refractivity contribution in [3.05, 3.63) is 0 Å². The lowest BCUT2D eigenvalue weighted by Crippen LogP contribution is -2.28. The van der Waals surface area contributed by atoms with E-state index in [2.05, 4.69) is 83.4 Å². The van der Waals surface area contributed by atoms with Crippen molar-refractivity contribution in [3.63, 3.8) is 0 Å². The Balaban J connectivity index is 5.60. The second kappa shape index (κ2) is 42.0. The van der Waals surface area contributed by atoms with Crippen LogP contribution in [0.4, 0.5) is 0 Å². The summed E-state index contributed by atoms with van der Waals surface area (Å²) in [6.45, 7) is -8.79. The summed E-state index contributed by atoms with van der Waals surface area (Å²) in [5, 5.41) is 9.39. The van der Waals surface area contributed by atoms with Crippen LogP contribution in [-0.4, -0.2) is 90.1 Å². The molecule has 0 spiro atoms. The fourth-order valence-electron chi connectivity index (χ4n) is 7.32. The number of ether oxygens (including phenoxy) is 6. The van der Waals surface area contributed by atoms with Crippen LogP contribution < -0.4 is 0 Å². The summed E-state index contributed by atoms with van der Waals surface area (Å²) in [4.78, 5) is 0. The third-order valence-electron chi connectivity index (χ3n) is 11.4. The quantitative estimate of drug-likeness (QED) is 0.0612. The molecule has 0 amide bonds. The minimum absolute atomic E-state index is 0.0338. The highest BCUT2D eigenvalue weighted by atomic mass is 16.6. The van der Waals surface area contributed by atoms with Gasteiger partial charge in [-0.3, -0.25) is 0 Å². The molecule has 0 saturated carbocycles. The molecule has 0 heterocycles. The highest BCUT2D eigenvalue weighted by molar-refractivity contribution is 4.64. The van der Waals surface area contributed by atoms with Crippen LogP contribution in [0.5, 0.6) is 0 Å². The summed E-state index contributed by atoms with van der Waals surface area (Å²) in [7, 11) is 0. The molecule has 0 aliphatic heterocycles. The summed E-state index contributed by atoms with van der Waals surface area (Å²) in [5.41, 5.74) is 0. The molecular formula is C51H104O7. The molecule has 2 unspecified atom stereocenters. The van der Waals surface area contributed by atoms with Crippen LogP contribution in [-0.2, 0) is 28.4 Å². The second-order valence-corrected chi connectivity index (χ2v) is 18.6. The molecule has 0 fully saturated rings. The van der Waals surface area contributed by atoms with Gasteiger partial charge in [0.2, 0.25) is 0 Å². The maximum atomic E-state index is 9.39. The molecule has 0 radical (unpaired) electrons. The molecule has 0 saturated heterocycles. The maximum absolute atomic E-state index is 9.39. The van der Waals surface area contributed by atoms with E-state index < -0.39 is 65.2 Å². The molecule has 0 aliphatic carbocycles. The van der Waals surface area contributed by atoms with Gasteiger partial charge in [-0.05, 0) is 60.2 Å². The van der Waals surface area contributed by atoms with Gasteiger partial charge in [0.1, 0.15) is 6.10 Å². The normalized spacial score (nSPS) is 21.9. The lowest BCUT2D eigenvalue weighted by molar-refractivity contribution is -0.0723. The minimum Gasteiger partial charge on any atom is -0.394 e. The van der Waals surface area contributed by atoms with Gasteiger partial charge in [-0.15, -0.1) is 0 Å². The SMILES string of the molecule is [2H]C([2H])(O)C([2H])([2H])OC([2H])([2H])C([2H])([2H])OC([2H])([2H])C([2H])([2H])OC([2H])([2H])C([2H])([2H])OC[C@H](COCCC(C)CCC[C@@H](C)CCC[C@@H](C)CCCC(C)C)OCCC(C)CCC[C@@H](C)CCC[C@@H](C)CCCC(C)C. The molecule has 0 bridgehead atoms. The van der Waals surface area contributed by atoms with Crippen molar-refractivity contribution in [2.24, 2.45) is 47.3 Å². The van der Waals surface area contributed by atoms with E-state index in [1.807, 2.05) is 0 Å². The Kier molecular flexibility index (Phi) is 25.5. The molecule has 0 rings (SSSR count). The van der Waals surface area contributed by atoms with Crippen LogP contribution in [0.25, 0.3) is 0 Å². The molecular weight excluding hydrogens is 725 g/mol. The first-order chi connectivity index (χ1) is 33.7. The molecule has 1 N–H and O–H groups in total. The van der Waals surface area contributed by atoms with Gasteiger partial charge >= 0.3 is 0 Å². The lowest BCUT2D eigenvalue weighted by atomic mass is 9.91. The summed E-state index contributed by atoms with van der Waals surface area (Å²) in [6.07, 6.45) is 22.4. The zero-order valence-electron chi connectivity index (χ0n) is 55.1. The predicted molar refractivity (Wildman–Crippen MR) is 248 cm³/mol. The average molecular weight is 845 g/mol. The van der Waals surface area contributed by atoms with E-state index in [0.717, 1.165) is 62.2 Å². The van der Waals surface area contributed by atoms with Crippen molar-refractivity contribution >= 4 is 0 Å². The fraction of sp³-hybridized carbons (Fsp3) is 1.00. The first-order valence-electron chi connectivity index (χ1n) is 31.3. The molecule has 58 heavy (non-hydrogen) atoms. The molecule has 7 heteroatoms. The molecule has 0 aromatic heterocycles. The zero-order valence-corrected chi connectivity index (χ0v) is 39.1. The highest BCUT2D eigenvalue weighted by Crippen LogP contribution is 2.24. The number of hydrogen-bond donors (Lipinski definition) is 1. The fourth-order valence-corrected chi connectivity index (χ4v) is 7.32. The highest BCUT2D eigenvalue weighted by Gasteiger charge is 2.14. The van der Waals surface area contributed by atoms with E-state index in [4.69, 9.17) is 36.1 Å². The summed E-state index contributed by atoms with van der Waals surface area (Å²) >= 11 is 0. The van der Waals surface area contributed by atoms with Gasteiger partial charge < -0.3 is 33.5 Å². The van der Waals surface area contributed by atoms with Crippen molar-refractivity contribution in [1.29, 1.82) is 0 Å². The Bertz CT molecular complexity index is 1460. The number of aliphatic hydroxyl groups is 1. The lowest BCUT2D eigenvalue weighted by Gasteiger charge is -2.21. The molecule has 0 aromatic rings. The molecule has 0 aromatic carbocycles. The van der Waals surface area contributed by atoms with Crippen LogP contribution in [0.3, 0.4) is 0 Å². The summed E-state index contributed by atoms with van der Waals surface area (Å²) in [5.74, 6) is 5.04. The third kappa shape index (κ3) is 42.4. The molecule has 7 nitrogen and oxygen atoms in total. The second-order valence-electron chi connectivity index (χ2n) is 18.6. The van der Waals surface area contributed by atoms with E-state index in [-0.39, 0.29) is 13.2 Å². The zero-order chi connectivity index (χ0) is 57.4. The van der Waals surface area contributed by atoms with Gasteiger partial charge in [0.25, 0.3) is 0 Å². The predicted octanol–water partition coefficient (Wildman–Crippen LogP) is 13.4. The Morgan fingerprint density at radius 3 is 1.00 bits per heavy atom. The topological polar surface area (TPSA) is 75.6 Å². The Hall–Kier alpha value is -0.280. The van der Waals surface area contributed by atoms with Crippen LogP contribution in [0.2, 0.25) is 0 Å². The van der Waals surface area contributed by atoms with E-state index >= 15 is 0 Å². The minimum atomic E-state index is -4.15. The summed E-state index contributed by atoms with van der Waals surface area (Å²) < 4.78 is 157. The number of rotatable bonds is 46. The maximum Gasteiger partial charge on any atom is 0.104 e. The first kappa shape index (κ1) is 35.1. The molecule has 350 valence electrons. The van der Waals surface area contributed by atoms with Crippen molar-refractivity contribution < 1.29 is 55.5 Å². The van der Waals surface area contributed by atoms with Crippen molar-refractivity contribution in [3.8, 4) is 0 Å². The van der Waals surface area contributed by atoms with Crippen LogP contribution in [0.1, 0.15) is 220 Å². The van der Waals surface area contributed by atoms with Gasteiger partial charge in [0, 0.05) is 13.2 Å². The van der Waals surface area contributed by atoms with Gasteiger partial charge in [-0.1, -0.05) is 185 Å². The van der Waals surface area contributed by atoms with Crippen LogP contribution in [0, 0.1) is 47.3 Å². The van der Waals surface area contributed by atoms with Gasteiger partial charge in [0.05, 0.1) is 87.6 Å². The van der Waals surface area contributed by atoms with E-state index in [0.29, 0.717) is 36.7 Å². The Morgan fingerprint density at radius 1 is 0.345 bits per heavy atom. The third-order valence-corrected chi connectivity index (χ3v) is 11.4. The van der Waals surface area contributed by atoms with E-state index in [1.54, 1.807) is 0 Å². The average Bonchev–Trinajstić information content (AvgIpc) is 3.22. The molecule has 0 aliphatic rings. The smallest absolute Gasteiger partial charge is 0.104 e. The van der Waals surface area contributed by atoms with Gasteiger partial charge in [0.15, 0.2) is 0 Å². The monoisotopic (exact) mass is 845 g/mol. The van der Waals surface area contributed by atoms with Crippen molar-refractivity contribution in [1.82, 2.24) is 0 Å². The standard InChI is InChI=1S/C51H104O7/c1-43(2)17-11-19-45(5)21-13-23-47(7)25-15-27-49(9)29-32-56-41-51(42-57-40-39-55-38-37-54-36-35-53-34-31-52)58-33-30-50(10)28-16-26-48(8)24-14-22-46(6)20-12-18-44(3)4/h43-52H,11-42H2,1-10H3/t45-,46-,47-,48-,49?,50?,51-/m0/s1/i31D2,34D2,35D2,36D2,37D2,38D2,39D2,40D2. The molecule has 7 atom stereocenters. The Labute approximate surface area is 385 Å². The Morgan fingerprint density at radius 2 is 0.638 bits per heavy atom. The van der Waals surface area contributed by atoms with Gasteiger partial charge in [-0.2, -0.15) is 0 Å². The van der Waals surface area contributed by atoms with Crippen molar-refractivity contribution in [2.75, 3.05) is 78.9 Å². The van der Waals surface area contributed by atoms with E-state index in [9.17, 15) is 5.11 Å². The largest absolute Gasteiger partial charge is 0.394 e. The van der Waals surface area contributed by atoms with Crippen LogP contribution in [0.15, 0.2) is 0 Å².